The van der Waals surface area contributed by atoms with E-state index in [0.29, 0.717) is 43.7 Å². The Balaban J connectivity index is 1.59. The molecule has 2 heterocycles. The fourth-order valence-electron chi connectivity index (χ4n) is 3.42. The molecule has 0 saturated carbocycles. The molecule has 1 aromatic carbocycles. The van der Waals surface area contributed by atoms with Gasteiger partial charge in [0.05, 0.1) is 10.6 Å². The van der Waals surface area contributed by atoms with Crippen molar-refractivity contribution >= 4 is 34.9 Å². The Morgan fingerprint density at radius 2 is 1.94 bits per heavy atom. The molecular formula is C21H22ClF3N4O2. The van der Waals surface area contributed by atoms with Crippen molar-refractivity contribution in [3.63, 3.8) is 0 Å². The SMILES string of the molecule is CCNC(=O)c1cccc(NC(=O)C2CCN(c3ncc(C(F)(F)F)cc3Cl)CC2)c1. The van der Waals surface area contributed by atoms with E-state index >= 15 is 0 Å². The summed E-state index contributed by atoms with van der Waals surface area (Å²) in [6, 6.07) is 7.55. The number of hydrogen-bond acceptors (Lipinski definition) is 4. The highest BCUT2D eigenvalue weighted by molar-refractivity contribution is 6.33. The Labute approximate surface area is 182 Å². The summed E-state index contributed by atoms with van der Waals surface area (Å²) in [4.78, 5) is 30.3. The topological polar surface area (TPSA) is 74.3 Å². The van der Waals surface area contributed by atoms with Gasteiger partial charge in [-0.2, -0.15) is 13.2 Å². The van der Waals surface area contributed by atoms with E-state index in [2.05, 4.69) is 15.6 Å². The Bertz CT molecular complexity index is 960. The molecule has 1 fully saturated rings. The summed E-state index contributed by atoms with van der Waals surface area (Å²) in [5, 5.41) is 5.47. The van der Waals surface area contributed by atoms with Crippen molar-refractivity contribution in [1.82, 2.24) is 10.3 Å². The fourth-order valence-corrected chi connectivity index (χ4v) is 3.70. The smallest absolute Gasteiger partial charge is 0.355 e. The highest BCUT2D eigenvalue weighted by atomic mass is 35.5. The predicted octanol–water partition coefficient (Wildman–Crippen LogP) is 4.36. The van der Waals surface area contributed by atoms with Gasteiger partial charge in [-0.15, -0.1) is 0 Å². The third kappa shape index (κ3) is 5.66. The van der Waals surface area contributed by atoms with Gasteiger partial charge in [0, 0.05) is 43.0 Å². The molecule has 6 nitrogen and oxygen atoms in total. The number of anilines is 2. The van der Waals surface area contributed by atoms with Gasteiger partial charge in [-0.05, 0) is 44.0 Å². The number of aromatic nitrogens is 1. The van der Waals surface area contributed by atoms with Crippen LogP contribution in [-0.4, -0.2) is 36.4 Å². The van der Waals surface area contributed by atoms with Crippen LogP contribution in [0.1, 0.15) is 35.7 Å². The minimum atomic E-state index is -4.51. The number of benzene rings is 1. The zero-order valence-electron chi connectivity index (χ0n) is 16.8. The second-order valence-electron chi connectivity index (χ2n) is 7.22. The van der Waals surface area contributed by atoms with Crippen LogP contribution in [0.5, 0.6) is 0 Å². The lowest BCUT2D eigenvalue weighted by Gasteiger charge is -2.32. The first-order chi connectivity index (χ1) is 14.7. The summed E-state index contributed by atoms with van der Waals surface area (Å²) in [5.74, 6) is -0.368. The molecule has 31 heavy (non-hydrogen) atoms. The van der Waals surface area contributed by atoms with E-state index in [-0.39, 0.29) is 28.6 Å². The summed E-state index contributed by atoms with van der Waals surface area (Å²) in [7, 11) is 0. The molecule has 0 spiro atoms. The summed E-state index contributed by atoms with van der Waals surface area (Å²) in [5.41, 5.74) is 0.0893. The van der Waals surface area contributed by atoms with E-state index in [1.165, 1.54) is 0 Å². The minimum absolute atomic E-state index is 0.0695. The highest BCUT2D eigenvalue weighted by Crippen LogP contribution is 2.34. The van der Waals surface area contributed by atoms with E-state index < -0.39 is 11.7 Å². The number of rotatable bonds is 5. The lowest BCUT2D eigenvalue weighted by molar-refractivity contribution is -0.137. The molecule has 10 heteroatoms. The number of piperidine rings is 1. The predicted molar refractivity (Wildman–Crippen MR) is 112 cm³/mol. The molecule has 166 valence electrons. The molecule has 0 aliphatic carbocycles. The first-order valence-electron chi connectivity index (χ1n) is 9.86. The molecule has 0 radical (unpaired) electrons. The van der Waals surface area contributed by atoms with Gasteiger partial charge in [0.2, 0.25) is 5.91 Å². The average Bonchev–Trinajstić information content (AvgIpc) is 2.73. The van der Waals surface area contributed by atoms with Crippen LogP contribution in [-0.2, 0) is 11.0 Å². The molecule has 0 bridgehead atoms. The minimum Gasteiger partial charge on any atom is -0.355 e. The number of hydrogen-bond donors (Lipinski definition) is 2. The largest absolute Gasteiger partial charge is 0.417 e. The van der Waals surface area contributed by atoms with Crippen molar-refractivity contribution in [2.75, 3.05) is 29.9 Å². The first kappa shape index (κ1) is 22.9. The van der Waals surface area contributed by atoms with Gasteiger partial charge in [0.25, 0.3) is 5.91 Å². The number of carbonyl (C=O) groups excluding carboxylic acids is 2. The zero-order valence-corrected chi connectivity index (χ0v) is 17.6. The molecule has 1 saturated heterocycles. The molecule has 2 amide bonds. The molecule has 2 aromatic rings. The number of nitrogens with one attached hydrogen (secondary N) is 2. The Morgan fingerprint density at radius 3 is 2.55 bits per heavy atom. The summed E-state index contributed by atoms with van der Waals surface area (Å²) >= 11 is 6.02. The van der Waals surface area contributed by atoms with Gasteiger partial charge in [-0.25, -0.2) is 4.98 Å². The van der Waals surface area contributed by atoms with Crippen LogP contribution in [0.2, 0.25) is 5.02 Å². The van der Waals surface area contributed by atoms with Crippen LogP contribution in [0.25, 0.3) is 0 Å². The average molecular weight is 455 g/mol. The van der Waals surface area contributed by atoms with Gasteiger partial charge in [0.1, 0.15) is 5.82 Å². The molecule has 0 unspecified atom stereocenters. The van der Waals surface area contributed by atoms with Crippen LogP contribution in [0.15, 0.2) is 36.5 Å². The summed E-state index contributed by atoms with van der Waals surface area (Å²) < 4.78 is 38.4. The number of amides is 2. The van der Waals surface area contributed by atoms with Gasteiger partial charge in [-0.1, -0.05) is 17.7 Å². The molecule has 0 atom stereocenters. The van der Waals surface area contributed by atoms with E-state index in [9.17, 15) is 22.8 Å². The van der Waals surface area contributed by atoms with Crippen molar-refractivity contribution in [1.29, 1.82) is 0 Å². The second-order valence-corrected chi connectivity index (χ2v) is 7.63. The Morgan fingerprint density at radius 1 is 1.23 bits per heavy atom. The van der Waals surface area contributed by atoms with E-state index in [1.807, 2.05) is 6.92 Å². The third-order valence-corrected chi connectivity index (χ3v) is 5.32. The van der Waals surface area contributed by atoms with Crippen molar-refractivity contribution in [2.45, 2.75) is 25.9 Å². The van der Waals surface area contributed by atoms with Crippen LogP contribution in [0, 0.1) is 5.92 Å². The van der Waals surface area contributed by atoms with Crippen LogP contribution < -0.4 is 15.5 Å². The molecule has 1 aromatic heterocycles. The molecule has 1 aliphatic heterocycles. The van der Waals surface area contributed by atoms with Crippen molar-refractivity contribution in [3.8, 4) is 0 Å². The Hall–Kier alpha value is -2.81. The molecular weight excluding hydrogens is 433 g/mol. The third-order valence-electron chi connectivity index (χ3n) is 5.04. The van der Waals surface area contributed by atoms with Crippen LogP contribution in [0.4, 0.5) is 24.7 Å². The number of nitrogens with zero attached hydrogens (tertiary/aromatic N) is 2. The fraction of sp³-hybridized carbons (Fsp3) is 0.381. The van der Waals surface area contributed by atoms with E-state index in [0.717, 1.165) is 12.3 Å². The highest BCUT2D eigenvalue weighted by Gasteiger charge is 2.33. The summed E-state index contributed by atoms with van der Waals surface area (Å²) in [6.45, 7) is 3.21. The number of carbonyl (C=O) groups is 2. The van der Waals surface area contributed by atoms with Gasteiger partial charge < -0.3 is 15.5 Å². The molecule has 3 rings (SSSR count). The normalized spacial score (nSPS) is 14.9. The van der Waals surface area contributed by atoms with Gasteiger partial charge in [0.15, 0.2) is 0 Å². The standard InChI is InChI=1S/C21H22ClF3N4O2/c1-2-26-19(30)14-4-3-5-16(10-14)28-20(31)13-6-8-29(9-7-13)18-17(22)11-15(12-27-18)21(23,24)25/h3-5,10-13H,2,6-9H2,1H3,(H,26,30)(H,28,31). The summed E-state index contributed by atoms with van der Waals surface area (Å²) in [6.07, 6.45) is -2.74. The van der Waals surface area contributed by atoms with Crippen molar-refractivity contribution < 1.29 is 22.8 Å². The van der Waals surface area contributed by atoms with Gasteiger partial charge >= 0.3 is 6.18 Å². The lowest BCUT2D eigenvalue weighted by Crippen LogP contribution is -2.38. The maximum atomic E-state index is 12.8. The zero-order chi connectivity index (χ0) is 22.6. The first-order valence-corrected chi connectivity index (χ1v) is 10.2. The van der Waals surface area contributed by atoms with E-state index in [4.69, 9.17) is 11.6 Å². The number of alkyl halides is 3. The molecule has 1 aliphatic rings. The van der Waals surface area contributed by atoms with Crippen LogP contribution in [0.3, 0.4) is 0 Å². The Kier molecular flexibility index (Phi) is 7.04. The number of pyridine rings is 1. The number of halogens is 4. The second kappa shape index (κ2) is 9.55. The maximum Gasteiger partial charge on any atom is 0.417 e. The van der Waals surface area contributed by atoms with Crippen molar-refractivity contribution in [2.24, 2.45) is 5.92 Å². The lowest BCUT2D eigenvalue weighted by atomic mass is 9.95. The maximum absolute atomic E-state index is 12.8. The van der Waals surface area contributed by atoms with Crippen LogP contribution >= 0.6 is 11.6 Å². The monoisotopic (exact) mass is 454 g/mol. The van der Waals surface area contributed by atoms with Crippen molar-refractivity contribution in [3.05, 3.63) is 52.7 Å². The van der Waals surface area contributed by atoms with Gasteiger partial charge in [-0.3, -0.25) is 9.59 Å². The quantitative estimate of drug-likeness (QED) is 0.704. The molecule has 2 N–H and O–H groups in total. The van der Waals surface area contributed by atoms with E-state index in [1.54, 1.807) is 29.2 Å².